The fourth-order valence-electron chi connectivity index (χ4n) is 6.25. The van der Waals surface area contributed by atoms with Gasteiger partial charge in [-0.15, -0.1) is 0 Å². The standard InChI is InChI=1S/C36H36ClN3O4/c37-28-13-11-25(12-14-28)22-29(38-36(43)34-23-32(41)31-8-3-4-9-33(31)44-34)17-21-39-19-15-26(16-20-39)30-7-2-1-6-27(30)24-40-18-5-10-35(40)42/h1-4,6-9,11-14,22-23,26H,5,10,15-21,24H2,(H,38,43)/b29-22-. The van der Waals surface area contributed by atoms with Crippen LogP contribution in [-0.2, 0) is 11.3 Å². The molecule has 2 fully saturated rings. The molecule has 2 aliphatic heterocycles. The summed E-state index contributed by atoms with van der Waals surface area (Å²) in [7, 11) is 0. The van der Waals surface area contributed by atoms with Gasteiger partial charge in [0.05, 0.1) is 5.39 Å². The smallest absolute Gasteiger partial charge is 0.291 e. The van der Waals surface area contributed by atoms with E-state index in [4.69, 9.17) is 16.0 Å². The number of fused-ring (bicyclic) bond motifs is 1. The second kappa shape index (κ2) is 13.6. The van der Waals surface area contributed by atoms with E-state index in [1.165, 1.54) is 17.2 Å². The van der Waals surface area contributed by atoms with Crippen LogP contribution in [-0.4, -0.2) is 47.8 Å². The van der Waals surface area contributed by atoms with Gasteiger partial charge < -0.3 is 19.5 Å². The van der Waals surface area contributed by atoms with E-state index in [-0.39, 0.29) is 17.1 Å². The Balaban J connectivity index is 1.12. The number of para-hydroxylation sites is 1. The molecule has 3 aromatic carbocycles. The van der Waals surface area contributed by atoms with Crippen molar-refractivity contribution >= 4 is 40.5 Å². The Morgan fingerprint density at radius 1 is 0.955 bits per heavy atom. The summed E-state index contributed by atoms with van der Waals surface area (Å²) in [4.78, 5) is 42.5. The van der Waals surface area contributed by atoms with E-state index >= 15 is 0 Å². The molecule has 0 bridgehead atoms. The zero-order chi connectivity index (χ0) is 30.5. The minimum absolute atomic E-state index is 0.0224. The molecule has 8 heteroatoms. The van der Waals surface area contributed by atoms with Crippen LogP contribution in [0.3, 0.4) is 0 Å². The number of nitrogens with one attached hydrogen (secondary N) is 1. The average Bonchev–Trinajstić information content (AvgIpc) is 3.45. The van der Waals surface area contributed by atoms with Crippen molar-refractivity contribution in [1.82, 2.24) is 15.1 Å². The maximum atomic E-state index is 13.3. The van der Waals surface area contributed by atoms with E-state index in [1.54, 1.807) is 24.3 Å². The summed E-state index contributed by atoms with van der Waals surface area (Å²) in [6.07, 6.45) is 6.24. The molecular formula is C36H36ClN3O4. The van der Waals surface area contributed by atoms with Gasteiger partial charge in [0.15, 0.2) is 11.2 Å². The van der Waals surface area contributed by atoms with Gasteiger partial charge in [-0.1, -0.05) is 60.1 Å². The Morgan fingerprint density at radius 2 is 1.70 bits per heavy atom. The largest absolute Gasteiger partial charge is 0.451 e. The Morgan fingerprint density at radius 3 is 2.48 bits per heavy atom. The SMILES string of the molecule is O=C(N/C(=C\c1ccc(Cl)cc1)CCN1CCC(c2ccccc2CN2CCCC2=O)CC1)c1cc(=O)c2ccccc2o1. The first-order valence-corrected chi connectivity index (χ1v) is 15.7. The van der Waals surface area contributed by atoms with E-state index in [1.807, 2.05) is 35.2 Å². The molecule has 0 unspecified atom stereocenters. The summed E-state index contributed by atoms with van der Waals surface area (Å²) >= 11 is 6.10. The van der Waals surface area contributed by atoms with Crippen LogP contribution in [0.4, 0.5) is 0 Å². The summed E-state index contributed by atoms with van der Waals surface area (Å²) < 4.78 is 5.79. The lowest BCUT2D eigenvalue weighted by Gasteiger charge is -2.33. The molecule has 0 spiro atoms. The van der Waals surface area contributed by atoms with Gasteiger partial charge in [0.2, 0.25) is 5.91 Å². The third kappa shape index (κ3) is 7.12. The van der Waals surface area contributed by atoms with E-state index in [0.29, 0.717) is 41.3 Å². The van der Waals surface area contributed by atoms with Gasteiger partial charge in [0.1, 0.15) is 5.58 Å². The Bertz CT molecular complexity index is 1740. The fourth-order valence-corrected chi connectivity index (χ4v) is 6.38. The first kappa shape index (κ1) is 29.9. The maximum absolute atomic E-state index is 13.3. The number of benzene rings is 3. The molecule has 1 N–H and O–H groups in total. The molecule has 4 aromatic rings. The van der Waals surface area contributed by atoms with Crippen molar-refractivity contribution in [3.63, 3.8) is 0 Å². The summed E-state index contributed by atoms with van der Waals surface area (Å²) in [5.41, 5.74) is 4.39. The van der Waals surface area contributed by atoms with Crippen LogP contribution in [0.2, 0.25) is 5.02 Å². The number of halogens is 1. The number of likely N-dealkylation sites (tertiary alicyclic amines) is 2. The van der Waals surface area contributed by atoms with Gasteiger partial charge in [0, 0.05) is 49.3 Å². The predicted molar refractivity (Wildman–Crippen MR) is 174 cm³/mol. The maximum Gasteiger partial charge on any atom is 0.291 e. The van der Waals surface area contributed by atoms with Gasteiger partial charge >= 0.3 is 0 Å². The quantitative estimate of drug-likeness (QED) is 0.231. The Kier molecular flexibility index (Phi) is 9.24. The molecule has 44 heavy (non-hydrogen) atoms. The minimum Gasteiger partial charge on any atom is -0.451 e. The second-order valence-corrected chi connectivity index (χ2v) is 12.1. The molecule has 0 aliphatic carbocycles. The number of nitrogens with zero attached hydrogens (tertiary/aromatic N) is 2. The highest BCUT2D eigenvalue weighted by molar-refractivity contribution is 6.30. The molecule has 2 saturated heterocycles. The van der Waals surface area contributed by atoms with Crippen molar-refractivity contribution < 1.29 is 14.0 Å². The normalized spacial score (nSPS) is 16.5. The van der Waals surface area contributed by atoms with Crippen LogP contribution in [0, 0.1) is 0 Å². The van der Waals surface area contributed by atoms with Crippen molar-refractivity contribution in [2.45, 2.75) is 44.6 Å². The van der Waals surface area contributed by atoms with E-state index in [9.17, 15) is 14.4 Å². The van der Waals surface area contributed by atoms with Crippen molar-refractivity contribution in [2.75, 3.05) is 26.2 Å². The Labute approximate surface area is 262 Å². The van der Waals surface area contributed by atoms with Crippen LogP contribution >= 0.6 is 11.6 Å². The monoisotopic (exact) mass is 609 g/mol. The molecule has 6 rings (SSSR count). The molecule has 2 aliphatic rings. The van der Waals surface area contributed by atoms with Crippen molar-refractivity contribution in [3.05, 3.63) is 122 Å². The molecule has 1 aromatic heterocycles. The number of rotatable bonds is 9. The lowest BCUT2D eigenvalue weighted by Crippen LogP contribution is -2.35. The molecule has 7 nitrogen and oxygen atoms in total. The first-order chi connectivity index (χ1) is 21.4. The highest BCUT2D eigenvalue weighted by Gasteiger charge is 2.25. The van der Waals surface area contributed by atoms with Crippen LogP contribution in [0.5, 0.6) is 0 Å². The molecule has 226 valence electrons. The lowest BCUT2D eigenvalue weighted by atomic mass is 9.86. The molecule has 0 radical (unpaired) electrons. The third-order valence-corrected chi connectivity index (χ3v) is 8.91. The summed E-state index contributed by atoms with van der Waals surface area (Å²) in [6.45, 7) is 4.22. The zero-order valence-electron chi connectivity index (χ0n) is 24.6. The highest BCUT2D eigenvalue weighted by atomic mass is 35.5. The summed E-state index contributed by atoms with van der Waals surface area (Å²) in [6, 6.07) is 24.2. The van der Waals surface area contributed by atoms with Gasteiger partial charge in [-0.2, -0.15) is 0 Å². The van der Waals surface area contributed by atoms with E-state index in [2.05, 4.69) is 34.5 Å². The number of piperidine rings is 1. The van der Waals surface area contributed by atoms with Crippen molar-refractivity contribution in [3.8, 4) is 0 Å². The van der Waals surface area contributed by atoms with Crippen LogP contribution in [0.15, 0.2) is 93.8 Å². The molecular weight excluding hydrogens is 574 g/mol. The zero-order valence-corrected chi connectivity index (χ0v) is 25.4. The van der Waals surface area contributed by atoms with Crippen molar-refractivity contribution in [1.29, 1.82) is 0 Å². The van der Waals surface area contributed by atoms with E-state index < -0.39 is 5.91 Å². The van der Waals surface area contributed by atoms with Gasteiger partial charge in [-0.3, -0.25) is 14.4 Å². The Hall–Kier alpha value is -4.20. The lowest BCUT2D eigenvalue weighted by molar-refractivity contribution is -0.128. The topological polar surface area (TPSA) is 82.9 Å². The second-order valence-electron chi connectivity index (χ2n) is 11.6. The summed E-state index contributed by atoms with van der Waals surface area (Å²) in [5, 5.41) is 4.09. The van der Waals surface area contributed by atoms with Crippen molar-refractivity contribution in [2.24, 2.45) is 0 Å². The number of amides is 2. The molecule has 0 atom stereocenters. The number of hydrogen-bond donors (Lipinski definition) is 1. The predicted octanol–water partition coefficient (Wildman–Crippen LogP) is 6.61. The first-order valence-electron chi connectivity index (χ1n) is 15.3. The minimum atomic E-state index is -0.458. The van der Waals surface area contributed by atoms with Crippen LogP contribution < -0.4 is 10.7 Å². The summed E-state index contributed by atoms with van der Waals surface area (Å²) in [5.74, 6) is 0.234. The molecule has 2 amide bonds. The fraction of sp³-hybridized carbons (Fsp3) is 0.306. The number of carbonyl (C=O) groups excluding carboxylic acids is 2. The van der Waals surface area contributed by atoms with E-state index in [0.717, 1.165) is 56.7 Å². The highest BCUT2D eigenvalue weighted by Crippen LogP contribution is 2.32. The number of carbonyl (C=O) groups is 2. The number of hydrogen-bond acceptors (Lipinski definition) is 5. The van der Waals surface area contributed by atoms with Crippen LogP contribution in [0.25, 0.3) is 17.0 Å². The van der Waals surface area contributed by atoms with Gasteiger partial charge in [-0.05, 0) is 85.3 Å². The van der Waals surface area contributed by atoms with Gasteiger partial charge in [-0.25, -0.2) is 0 Å². The molecule has 3 heterocycles. The van der Waals surface area contributed by atoms with Gasteiger partial charge in [0.25, 0.3) is 5.91 Å². The average molecular weight is 610 g/mol. The molecule has 0 saturated carbocycles. The third-order valence-electron chi connectivity index (χ3n) is 8.66. The van der Waals surface area contributed by atoms with Crippen LogP contribution in [0.1, 0.15) is 65.3 Å².